The molecule has 1 heterocycles. The number of rotatable bonds is 3. The fourth-order valence-electron chi connectivity index (χ4n) is 4.00. The number of carbonyl (C=O) groups is 1. The van der Waals surface area contributed by atoms with Crippen LogP contribution in [0.1, 0.15) is 54.0 Å². The van der Waals surface area contributed by atoms with Gasteiger partial charge in [-0.3, -0.25) is 0 Å². The second kappa shape index (κ2) is 6.91. The van der Waals surface area contributed by atoms with Gasteiger partial charge in [-0.1, -0.05) is 0 Å². The lowest BCUT2D eigenvalue weighted by Crippen LogP contribution is -2.17. The van der Waals surface area contributed by atoms with Crippen molar-refractivity contribution in [2.24, 2.45) is 9.50 Å². The number of nitrogens with two attached hydrogens (primary N) is 1. The van der Waals surface area contributed by atoms with Crippen molar-refractivity contribution in [3.63, 3.8) is 0 Å². The van der Waals surface area contributed by atoms with Gasteiger partial charge in [-0.25, -0.2) is 19.1 Å². The summed E-state index contributed by atoms with van der Waals surface area (Å²) in [4.78, 5) is 16.6. The molecule has 28 heavy (non-hydrogen) atoms. The minimum atomic E-state index is -3.44. The van der Waals surface area contributed by atoms with Crippen molar-refractivity contribution in [2.75, 3.05) is 5.32 Å². The monoisotopic (exact) mass is 420 g/mol. The highest BCUT2D eigenvalue weighted by atomic mass is 32.2. The summed E-state index contributed by atoms with van der Waals surface area (Å²) in [6, 6.07) is 1.31. The Morgan fingerprint density at radius 2 is 1.93 bits per heavy atom. The number of aliphatic hydroxyl groups is 1. The van der Waals surface area contributed by atoms with E-state index in [1.807, 2.05) is 6.07 Å². The third-order valence-electron chi connectivity index (χ3n) is 5.24. The van der Waals surface area contributed by atoms with Crippen molar-refractivity contribution >= 4 is 33.0 Å². The maximum atomic E-state index is 12.8. The third kappa shape index (κ3) is 3.59. The van der Waals surface area contributed by atoms with Gasteiger partial charge in [-0.2, -0.15) is 0 Å². The number of urea groups is 1. The Morgan fingerprint density at radius 3 is 2.64 bits per heavy atom. The largest absolute Gasteiger partial charge is 0.383 e. The van der Waals surface area contributed by atoms with Crippen molar-refractivity contribution in [3.05, 3.63) is 39.5 Å². The summed E-state index contributed by atoms with van der Waals surface area (Å²) in [6.07, 6.45) is 7.66. The molecule has 0 bridgehead atoms. The summed E-state index contributed by atoms with van der Waals surface area (Å²) in [7, 11) is -3.44. The molecule has 0 spiro atoms. The SMILES string of the molecule is CC(C)(O)c1ncc([S@](N)(=O)=NC(=O)Nc2cc3c(c4c2CCC4)CCC3)s1. The molecule has 2 aliphatic rings. The van der Waals surface area contributed by atoms with Crippen LogP contribution in [0.25, 0.3) is 0 Å². The molecule has 4 rings (SSSR count). The summed E-state index contributed by atoms with van der Waals surface area (Å²) in [6.45, 7) is 3.15. The van der Waals surface area contributed by atoms with Gasteiger partial charge in [-0.15, -0.1) is 15.7 Å². The number of aromatic nitrogens is 1. The van der Waals surface area contributed by atoms with Gasteiger partial charge in [0.25, 0.3) is 0 Å². The van der Waals surface area contributed by atoms with E-state index >= 15 is 0 Å². The van der Waals surface area contributed by atoms with Gasteiger partial charge in [0.05, 0.1) is 6.20 Å². The van der Waals surface area contributed by atoms with E-state index in [4.69, 9.17) is 5.14 Å². The Kier molecular flexibility index (Phi) is 4.81. The Balaban J connectivity index is 1.62. The van der Waals surface area contributed by atoms with Crippen molar-refractivity contribution in [1.82, 2.24) is 4.98 Å². The van der Waals surface area contributed by atoms with Gasteiger partial charge >= 0.3 is 6.03 Å². The first kappa shape index (κ1) is 19.5. The molecular weight excluding hydrogens is 396 g/mol. The van der Waals surface area contributed by atoms with Crippen LogP contribution in [0.15, 0.2) is 20.8 Å². The first-order valence-electron chi connectivity index (χ1n) is 9.36. The van der Waals surface area contributed by atoms with Crippen LogP contribution in [0.3, 0.4) is 0 Å². The highest BCUT2D eigenvalue weighted by Gasteiger charge is 2.26. The molecule has 2 amide bonds. The minimum Gasteiger partial charge on any atom is -0.383 e. The summed E-state index contributed by atoms with van der Waals surface area (Å²) in [5.74, 6) is 0. The molecule has 1 atom stereocenters. The van der Waals surface area contributed by atoms with Gasteiger partial charge < -0.3 is 10.4 Å². The molecule has 2 aliphatic carbocycles. The average molecular weight is 421 g/mol. The second-order valence-electron chi connectivity index (χ2n) is 7.86. The number of nitrogens with one attached hydrogen (secondary N) is 1. The van der Waals surface area contributed by atoms with E-state index in [0.717, 1.165) is 55.5 Å². The van der Waals surface area contributed by atoms with Crippen molar-refractivity contribution in [2.45, 2.75) is 62.2 Å². The highest BCUT2D eigenvalue weighted by molar-refractivity contribution is 7.93. The molecule has 9 heteroatoms. The smallest absolute Gasteiger partial charge is 0.354 e. The number of hydrogen-bond donors (Lipinski definition) is 3. The zero-order valence-electron chi connectivity index (χ0n) is 15.9. The summed E-state index contributed by atoms with van der Waals surface area (Å²) < 4.78 is 16.7. The zero-order valence-corrected chi connectivity index (χ0v) is 17.6. The maximum Gasteiger partial charge on any atom is 0.354 e. The number of hydrogen-bond acceptors (Lipinski definition) is 5. The van der Waals surface area contributed by atoms with E-state index in [2.05, 4.69) is 14.7 Å². The molecule has 0 saturated heterocycles. The number of aryl methyl sites for hydroxylation is 1. The number of fused-ring (bicyclic) bond motifs is 3. The number of anilines is 1. The van der Waals surface area contributed by atoms with E-state index in [0.29, 0.717) is 5.01 Å². The van der Waals surface area contributed by atoms with Crippen LogP contribution in [0.4, 0.5) is 10.5 Å². The molecule has 0 saturated carbocycles. The van der Waals surface area contributed by atoms with E-state index in [-0.39, 0.29) is 4.21 Å². The number of carbonyl (C=O) groups excluding carboxylic acids is 1. The quantitative estimate of drug-likeness (QED) is 0.706. The van der Waals surface area contributed by atoms with Gasteiger partial charge in [0.1, 0.15) is 14.8 Å². The Morgan fingerprint density at radius 1 is 1.25 bits per heavy atom. The predicted molar refractivity (Wildman–Crippen MR) is 110 cm³/mol. The predicted octanol–water partition coefficient (Wildman–Crippen LogP) is 3.28. The molecule has 1 aromatic heterocycles. The molecular formula is C19H24N4O3S2. The molecule has 4 N–H and O–H groups in total. The van der Waals surface area contributed by atoms with Crippen LogP contribution < -0.4 is 10.5 Å². The molecule has 2 aromatic rings. The Hall–Kier alpha value is -1.81. The topological polar surface area (TPSA) is 118 Å². The standard InChI is InChI=1S/C19H24N4O3S2/c1-19(2,25)17-21-10-16(27-17)28(20,26)23-18(24)22-15-9-11-5-3-6-12(11)13-7-4-8-14(13)15/h9-10,25H,3-8H2,1-2H3,(H3,20,22,23,24,26)/t28-/m1/s1. The lowest BCUT2D eigenvalue weighted by atomic mass is 9.98. The first-order chi connectivity index (χ1) is 13.1. The Labute approximate surface area is 168 Å². The summed E-state index contributed by atoms with van der Waals surface area (Å²) >= 11 is 0.996. The number of nitrogens with zero attached hydrogens (tertiary/aromatic N) is 2. The van der Waals surface area contributed by atoms with Crippen LogP contribution in [0.2, 0.25) is 0 Å². The van der Waals surface area contributed by atoms with Gasteiger partial charge in [0, 0.05) is 5.69 Å². The number of amides is 2. The third-order valence-corrected chi connectivity index (χ3v) is 8.43. The molecule has 0 fully saturated rings. The number of benzene rings is 1. The van der Waals surface area contributed by atoms with Gasteiger partial charge in [-0.05, 0) is 80.7 Å². The fourth-order valence-corrected chi connectivity index (χ4v) is 6.06. The molecule has 7 nitrogen and oxygen atoms in total. The van der Waals surface area contributed by atoms with Crippen LogP contribution in [-0.4, -0.2) is 20.3 Å². The summed E-state index contributed by atoms with van der Waals surface area (Å²) in [5, 5.41) is 19.0. The summed E-state index contributed by atoms with van der Waals surface area (Å²) in [5.41, 5.74) is 4.88. The Bertz CT molecular complexity index is 1080. The van der Waals surface area contributed by atoms with Crippen LogP contribution in [0.5, 0.6) is 0 Å². The van der Waals surface area contributed by atoms with E-state index < -0.39 is 21.5 Å². The van der Waals surface area contributed by atoms with E-state index in [1.54, 1.807) is 13.8 Å². The van der Waals surface area contributed by atoms with Crippen molar-refractivity contribution in [1.29, 1.82) is 0 Å². The molecule has 1 aromatic carbocycles. The molecule has 150 valence electrons. The van der Waals surface area contributed by atoms with Crippen molar-refractivity contribution in [3.8, 4) is 0 Å². The molecule has 0 unspecified atom stereocenters. The average Bonchev–Trinajstić information content (AvgIpc) is 3.32. The van der Waals surface area contributed by atoms with Crippen LogP contribution in [0, 0.1) is 0 Å². The molecule has 0 aliphatic heterocycles. The van der Waals surface area contributed by atoms with Gasteiger partial charge in [0.15, 0.2) is 9.92 Å². The van der Waals surface area contributed by atoms with Crippen LogP contribution in [-0.2, 0) is 41.2 Å². The second-order valence-corrected chi connectivity index (χ2v) is 10.9. The fraction of sp³-hybridized carbons (Fsp3) is 0.474. The van der Waals surface area contributed by atoms with Crippen LogP contribution >= 0.6 is 11.3 Å². The number of thiazole rings is 1. The molecule has 0 radical (unpaired) electrons. The first-order valence-corrected chi connectivity index (χ1v) is 11.8. The lowest BCUT2D eigenvalue weighted by Gasteiger charge is -2.14. The normalized spacial score (nSPS) is 17.7. The van der Waals surface area contributed by atoms with Gasteiger partial charge in [0.2, 0.25) is 0 Å². The highest BCUT2D eigenvalue weighted by Crippen LogP contribution is 2.38. The zero-order chi connectivity index (χ0) is 20.1. The minimum absolute atomic E-state index is 0.166. The van der Waals surface area contributed by atoms with E-state index in [1.165, 1.54) is 28.5 Å². The van der Waals surface area contributed by atoms with Crippen molar-refractivity contribution < 1.29 is 14.1 Å². The van der Waals surface area contributed by atoms with E-state index in [9.17, 15) is 14.1 Å². The lowest BCUT2D eigenvalue weighted by molar-refractivity contribution is 0.0783. The maximum absolute atomic E-state index is 12.8.